The number of fused-ring (bicyclic) bond motifs is 2. The lowest BCUT2D eigenvalue weighted by Crippen LogP contribution is -2.44. The van der Waals surface area contributed by atoms with Crippen LogP contribution >= 0.6 is 15.9 Å². The Labute approximate surface area is 161 Å². The molecule has 1 amide bonds. The van der Waals surface area contributed by atoms with Crippen molar-refractivity contribution in [2.75, 3.05) is 7.11 Å². The number of hydrogen-bond donors (Lipinski definition) is 0. The molecular weight excluding hydrogens is 397 g/mol. The standard InChI is InChI=1S/C21H21BrFNO2/c1-26-16-7-5-14(6-8-16)13-24-20(25)19-17(11-15(22)12-18(19)23)21(24)9-3-2-4-10-21/h5-8,11-12H,2-4,9-10,13H2,1H3. The molecule has 1 aliphatic carbocycles. The first-order chi connectivity index (χ1) is 12.5. The van der Waals surface area contributed by atoms with Crippen LogP contribution < -0.4 is 4.74 Å². The van der Waals surface area contributed by atoms with Gasteiger partial charge in [-0.2, -0.15) is 0 Å². The highest BCUT2D eigenvalue weighted by molar-refractivity contribution is 9.10. The fourth-order valence-electron chi connectivity index (χ4n) is 4.45. The predicted molar refractivity (Wildman–Crippen MR) is 102 cm³/mol. The Morgan fingerprint density at radius 3 is 2.50 bits per heavy atom. The average Bonchev–Trinajstić information content (AvgIpc) is 2.86. The number of ether oxygens (including phenoxy) is 1. The Morgan fingerprint density at radius 1 is 1.15 bits per heavy atom. The summed E-state index contributed by atoms with van der Waals surface area (Å²) in [6.07, 6.45) is 5.05. The number of amides is 1. The monoisotopic (exact) mass is 417 g/mol. The molecule has 0 N–H and O–H groups in total. The third-order valence-electron chi connectivity index (χ3n) is 5.71. The highest BCUT2D eigenvalue weighted by Gasteiger charge is 2.51. The van der Waals surface area contributed by atoms with Crippen LogP contribution in [0.1, 0.15) is 53.6 Å². The van der Waals surface area contributed by atoms with E-state index in [2.05, 4.69) is 15.9 Å². The van der Waals surface area contributed by atoms with E-state index in [1.54, 1.807) is 7.11 Å². The fourth-order valence-corrected chi connectivity index (χ4v) is 4.88. The molecule has 1 heterocycles. The smallest absolute Gasteiger partial charge is 0.258 e. The number of halogens is 2. The van der Waals surface area contributed by atoms with E-state index in [-0.39, 0.29) is 11.5 Å². The van der Waals surface area contributed by atoms with E-state index in [1.807, 2.05) is 35.2 Å². The lowest BCUT2D eigenvalue weighted by Gasteiger charge is -2.42. The van der Waals surface area contributed by atoms with Gasteiger partial charge in [0.25, 0.3) is 5.91 Å². The Kier molecular flexibility index (Phi) is 4.51. The highest BCUT2D eigenvalue weighted by atomic mass is 79.9. The third kappa shape index (κ3) is 2.73. The van der Waals surface area contributed by atoms with Crippen LogP contribution in [0.25, 0.3) is 0 Å². The van der Waals surface area contributed by atoms with Crippen molar-refractivity contribution in [1.82, 2.24) is 4.90 Å². The number of nitrogens with zero attached hydrogens (tertiary/aromatic N) is 1. The van der Waals surface area contributed by atoms with E-state index in [0.717, 1.165) is 49.0 Å². The first-order valence-electron chi connectivity index (χ1n) is 8.99. The van der Waals surface area contributed by atoms with Gasteiger partial charge in [0.05, 0.1) is 18.2 Å². The second-order valence-electron chi connectivity index (χ2n) is 7.14. The lowest BCUT2D eigenvalue weighted by atomic mass is 9.76. The van der Waals surface area contributed by atoms with Gasteiger partial charge in [0.1, 0.15) is 11.6 Å². The molecule has 0 unspecified atom stereocenters. The first-order valence-corrected chi connectivity index (χ1v) is 9.79. The van der Waals surface area contributed by atoms with Gasteiger partial charge in [0.15, 0.2) is 0 Å². The van der Waals surface area contributed by atoms with E-state index in [4.69, 9.17) is 4.74 Å². The van der Waals surface area contributed by atoms with Crippen LogP contribution in [-0.4, -0.2) is 17.9 Å². The summed E-state index contributed by atoms with van der Waals surface area (Å²) in [6.45, 7) is 0.481. The van der Waals surface area contributed by atoms with Gasteiger partial charge in [0.2, 0.25) is 0 Å². The number of carbonyl (C=O) groups excluding carboxylic acids is 1. The lowest BCUT2D eigenvalue weighted by molar-refractivity contribution is 0.0385. The van der Waals surface area contributed by atoms with Crippen molar-refractivity contribution >= 4 is 21.8 Å². The molecule has 3 nitrogen and oxygen atoms in total. The fraction of sp³-hybridized carbons (Fsp3) is 0.381. The summed E-state index contributed by atoms with van der Waals surface area (Å²) in [7, 11) is 1.63. The second kappa shape index (κ2) is 6.69. The molecule has 1 fully saturated rings. The second-order valence-corrected chi connectivity index (χ2v) is 8.06. The summed E-state index contributed by atoms with van der Waals surface area (Å²) >= 11 is 3.40. The Hall–Kier alpha value is -1.88. The van der Waals surface area contributed by atoms with Crippen LogP contribution in [0.3, 0.4) is 0 Å². The first kappa shape index (κ1) is 17.5. The molecule has 26 heavy (non-hydrogen) atoms. The quantitative estimate of drug-likeness (QED) is 0.667. The topological polar surface area (TPSA) is 29.5 Å². The van der Waals surface area contributed by atoms with E-state index in [0.29, 0.717) is 11.0 Å². The van der Waals surface area contributed by atoms with Crippen molar-refractivity contribution < 1.29 is 13.9 Å². The van der Waals surface area contributed by atoms with Crippen molar-refractivity contribution in [3.05, 3.63) is 63.4 Å². The van der Waals surface area contributed by atoms with Crippen LogP contribution in [0.15, 0.2) is 40.9 Å². The molecule has 0 radical (unpaired) electrons. The molecule has 1 saturated carbocycles. The maximum atomic E-state index is 14.7. The number of carbonyl (C=O) groups is 1. The van der Waals surface area contributed by atoms with Gasteiger partial charge < -0.3 is 9.64 Å². The van der Waals surface area contributed by atoms with E-state index in [9.17, 15) is 9.18 Å². The van der Waals surface area contributed by atoms with E-state index < -0.39 is 11.4 Å². The van der Waals surface area contributed by atoms with Crippen molar-refractivity contribution in [3.63, 3.8) is 0 Å². The van der Waals surface area contributed by atoms with Crippen molar-refractivity contribution in [3.8, 4) is 5.75 Å². The van der Waals surface area contributed by atoms with Crippen LogP contribution in [-0.2, 0) is 12.1 Å². The molecule has 4 rings (SSSR count). The summed E-state index contributed by atoms with van der Waals surface area (Å²) in [5.41, 5.74) is 1.73. The van der Waals surface area contributed by atoms with Crippen molar-refractivity contribution in [2.24, 2.45) is 0 Å². The molecule has 2 aliphatic rings. The molecule has 1 spiro atoms. The zero-order valence-corrected chi connectivity index (χ0v) is 16.3. The van der Waals surface area contributed by atoms with Gasteiger partial charge in [-0.25, -0.2) is 4.39 Å². The predicted octanol–water partition coefficient (Wildman–Crippen LogP) is 5.41. The molecule has 136 valence electrons. The molecular formula is C21H21BrFNO2. The maximum Gasteiger partial charge on any atom is 0.258 e. The summed E-state index contributed by atoms with van der Waals surface area (Å²) in [4.78, 5) is 15.1. The van der Waals surface area contributed by atoms with Crippen LogP contribution in [0.2, 0.25) is 0 Å². The number of methoxy groups -OCH3 is 1. The summed E-state index contributed by atoms with van der Waals surface area (Å²) in [5, 5.41) is 0. The average molecular weight is 418 g/mol. The number of rotatable bonds is 3. The Bertz CT molecular complexity index is 844. The van der Waals surface area contributed by atoms with Crippen LogP contribution in [0.4, 0.5) is 4.39 Å². The normalized spacial score (nSPS) is 18.3. The largest absolute Gasteiger partial charge is 0.497 e. The van der Waals surface area contributed by atoms with Gasteiger partial charge in [0, 0.05) is 11.0 Å². The SMILES string of the molecule is COc1ccc(CN2C(=O)c3c(F)cc(Br)cc3C23CCCCC3)cc1. The van der Waals surface area contributed by atoms with Gasteiger partial charge in [-0.1, -0.05) is 47.3 Å². The van der Waals surface area contributed by atoms with Gasteiger partial charge in [-0.3, -0.25) is 4.79 Å². The van der Waals surface area contributed by atoms with Gasteiger partial charge in [-0.15, -0.1) is 0 Å². The zero-order chi connectivity index (χ0) is 18.3. The van der Waals surface area contributed by atoms with E-state index in [1.165, 1.54) is 6.07 Å². The van der Waals surface area contributed by atoms with Crippen LogP contribution in [0, 0.1) is 5.82 Å². The molecule has 1 aliphatic heterocycles. The minimum atomic E-state index is -0.429. The van der Waals surface area contributed by atoms with Gasteiger partial charge in [-0.05, 0) is 48.2 Å². The Balaban J connectivity index is 1.77. The highest BCUT2D eigenvalue weighted by Crippen LogP contribution is 2.50. The number of hydrogen-bond acceptors (Lipinski definition) is 2. The third-order valence-corrected chi connectivity index (χ3v) is 6.17. The zero-order valence-electron chi connectivity index (χ0n) is 14.7. The van der Waals surface area contributed by atoms with Crippen molar-refractivity contribution in [1.29, 1.82) is 0 Å². The van der Waals surface area contributed by atoms with Crippen molar-refractivity contribution in [2.45, 2.75) is 44.2 Å². The summed E-state index contributed by atoms with van der Waals surface area (Å²) in [5.74, 6) is 0.163. The minimum Gasteiger partial charge on any atom is -0.497 e. The summed E-state index contributed by atoms with van der Waals surface area (Å²) in [6, 6.07) is 11.1. The molecule has 0 bridgehead atoms. The van der Waals surface area contributed by atoms with Crippen LogP contribution in [0.5, 0.6) is 5.75 Å². The van der Waals surface area contributed by atoms with E-state index >= 15 is 0 Å². The molecule has 2 aromatic rings. The maximum absolute atomic E-state index is 14.7. The molecule has 0 aromatic heterocycles. The van der Waals surface area contributed by atoms with Gasteiger partial charge >= 0.3 is 0 Å². The molecule has 0 saturated heterocycles. The Morgan fingerprint density at radius 2 is 1.85 bits per heavy atom. The molecule has 5 heteroatoms. The minimum absolute atomic E-state index is 0.192. The number of benzene rings is 2. The molecule has 2 aromatic carbocycles. The molecule has 0 atom stereocenters. The summed E-state index contributed by atoms with van der Waals surface area (Å²) < 4.78 is 20.6.